The lowest BCUT2D eigenvalue weighted by Crippen LogP contribution is -2.51. The van der Waals surface area contributed by atoms with Gasteiger partial charge in [0.1, 0.15) is 34.9 Å². The highest BCUT2D eigenvalue weighted by molar-refractivity contribution is 5.70. The number of amides is 2. The van der Waals surface area contributed by atoms with Gasteiger partial charge < -0.3 is 48.1 Å². The molecule has 0 saturated carbocycles. The Bertz CT molecular complexity index is 1580. The number of hydrogen-bond donors (Lipinski definition) is 2. The predicted octanol–water partition coefficient (Wildman–Crippen LogP) is 5.66. The minimum atomic E-state index is -0.977. The lowest BCUT2D eigenvalue weighted by molar-refractivity contribution is -0.0873. The minimum Gasteiger partial charge on any atom is -0.453 e. The van der Waals surface area contributed by atoms with Crippen LogP contribution in [0.2, 0.25) is 0 Å². The van der Waals surface area contributed by atoms with Crippen molar-refractivity contribution in [1.82, 2.24) is 9.80 Å². The van der Waals surface area contributed by atoms with Crippen LogP contribution in [0.5, 0.6) is 23.0 Å². The third-order valence-electron chi connectivity index (χ3n) is 8.97. The molecule has 0 radical (unpaired) electrons. The average molecular weight is 767 g/mol. The van der Waals surface area contributed by atoms with E-state index in [1.165, 1.54) is 21.9 Å². The highest BCUT2D eigenvalue weighted by Crippen LogP contribution is 2.41. The van der Waals surface area contributed by atoms with Gasteiger partial charge in [0.2, 0.25) is 25.1 Å². The number of nitrogens with zero attached hydrogens (tertiary/aromatic N) is 2. The molecule has 4 aliphatic rings. The van der Waals surface area contributed by atoms with Crippen LogP contribution in [0, 0.1) is 11.6 Å². The van der Waals surface area contributed by atoms with Crippen molar-refractivity contribution in [2.24, 2.45) is 0 Å². The van der Waals surface area contributed by atoms with Gasteiger partial charge in [-0.1, -0.05) is 0 Å². The molecule has 0 spiro atoms. The average Bonchev–Trinajstić information content (AvgIpc) is 3.80. The molecule has 300 valence electrons. The normalized spacial score (nSPS) is 23.6. The number of aliphatic hydroxyl groups is 2. The smallest absolute Gasteiger partial charge is 0.412 e. The fourth-order valence-corrected chi connectivity index (χ4v) is 7.00. The topological polar surface area (TPSA) is 155 Å². The van der Waals surface area contributed by atoms with Gasteiger partial charge in [0, 0.05) is 0 Å². The van der Waals surface area contributed by atoms with E-state index in [4.69, 9.17) is 37.9 Å². The Hall–Kier alpha value is -4.12. The van der Waals surface area contributed by atoms with Crippen LogP contribution in [-0.2, 0) is 31.8 Å². The molecular weight excluding hydrogens is 714 g/mol. The van der Waals surface area contributed by atoms with Crippen LogP contribution in [0.3, 0.4) is 0 Å². The standard InChI is InChI=1S/2C19H26FNO6/c2*1-18(2,3)27-17(23)21-13(15(9-22)26-19(21,4)5)7-11-6-12(20)16-14(8-11)24-10-25-16/h2*6,8,13,15,22H,7,9-10H2,1-5H3/t2*13?,15-/m10/s1. The van der Waals surface area contributed by atoms with Gasteiger partial charge in [0.05, 0.1) is 25.3 Å². The van der Waals surface area contributed by atoms with Gasteiger partial charge in [-0.25, -0.2) is 18.4 Å². The van der Waals surface area contributed by atoms with Crippen LogP contribution in [0.4, 0.5) is 18.4 Å². The summed E-state index contributed by atoms with van der Waals surface area (Å²) in [4.78, 5) is 28.6. The Kier molecular flexibility index (Phi) is 11.6. The zero-order valence-corrected chi connectivity index (χ0v) is 32.5. The number of aliphatic hydroxyl groups excluding tert-OH is 2. The van der Waals surface area contributed by atoms with Crippen molar-refractivity contribution in [2.45, 2.75) is 129 Å². The van der Waals surface area contributed by atoms with Crippen LogP contribution in [0.1, 0.15) is 80.4 Å². The van der Waals surface area contributed by atoms with Gasteiger partial charge in [0.25, 0.3) is 0 Å². The van der Waals surface area contributed by atoms with Crippen LogP contribution in [0.25, 0.3) is 0 Å². The van der Waals surface area contributed by atoms with Crippen LogP contribution >= 0.6 is 0 Å². The summed E-state index contributed by atoms with van der Waals surface area (Å²) in [5.41, 5.74) is -2.10. The molecule has 2 amide bonds. The zero-order chi connectivity index (χ0) is 40.0. The molecule has 54 heavy (non-hydrogen) atoms. The molecule has 4 aliphatic heterocycles. The number of fused-ring (bicyclic) bond motifs is 2. The maximum atomic E-state index is 14.2. The molecule has 4 atom stereocenters. The van der Waals surface area contributed by atoms with E-state index in [1.54, 1.807) is 81.4 Å². The van der Waals surface area contributed by atoms with Gasteiger partial charge in [-0.15, -0.1) is 0 Å². The maximum Gasteiger partial charge on any atom is 0.412 e. The van der Waals surface area contributed by atoms with Gasteiger partial charge >= 0.3 is 12.2 Å². The number of hydrogen-bond acceptors (Lipinski definition) is 12. The van der Waals surface area contributed by atoms with Crippen molar-refractivity contribution in [3.8, 4) is 23.0 Å². The van der Waals surface area contributed by atoms with E-state index in [0.29, 0.717) is 22.6 Å². The SMILES string of the molecule is CC(C)(C)OC(=O)N1C(Cc2cc(F)c3c(c2)OCO3)[C@@H](CO)OC1(C)C.CC(C)(C)OC(=O)N1C(Cc2cc(F)c3c(c2)OCO3)[C@H](CO)OC1(C)C. The number of benzene rings is 2. The molecule has 2 saturated heterocycles. The van der Waals surface area contributed by atoms with E-state index in [0.717, 1.165) is 0 Å². The summed E-state index contributed by atoms with van der Waals surface area (Å²) < 4.78 is 72.0. The Morgan fingerprint density at radius 3 is 1.35 bits per heavy atom. The summed E-state index contributed by atoms with van der Waals surface area (Å²) in [5.74, 6) is -0.223. The first-order valence-electron chi connectivity index (χ1n) is 17.8. The number of rotatable bonds is 6. The Labute approximate surface area is 314 Å². The van der Waals surface area contributed by atoms with E-state index in [1.807, 2.05) is 0 Å². The van der Waals surface area contributed by atoms with E-state index in [2.05, 4.69) is 0 Å². The molecule has 2 N–H and O–H groups in total. The van der Waals surface area contributed by atoms with E-state index < -0.39 is 70.8 Å². The minimum absolute atomic E-state index is 0.0292. The molecule has 0 aromatic heterocycles. The lowest BCUT2D eigenvalue weighted by Gasteiger charge is -2.35. The largest absolute Gasteiger partial charge is 0.453 e. The zero-order valence-electron chi connectivity index (χ0n) is 32.5. The van der Waals surface area contributed by atoms with Crippen LogP contribution in [0.15, 0.2) is 24.3 Å². The molecule has 0 aliphatic carbocycles. The Morgan fingerprint density at radius 2 is 1.04 bits per heavy atom. The highest BCUT2D eigenvalue weighted by atomic mass is 19.1. The molecule has 16 heteroatoms. The third kappa shape index (κ3) is 9.04. The molecule has 2 unspecified atom stereocenters. The number of ether oxygens (including phenoxy) is 8. The first-order valence-corrected chi connectivity index (χ1v) is 17.8. The summed E-state index contributed by atoms with van der Waals surface area (Å²) in [6.45, 7) is 17.0. The molecule has 4 heterocycles. The fraction of sp³-hybridized carbons (Fsp3) is 0.632. The van der Waals surface area contributed by atoms with Crippen molar-refractivity contribution in [2.75, 3.05) is 26.8 Å². The molecule has 14 nitrogen and oxygen atoms in total. The van der Waals surface area contributed by atoms with Crippen molar-refractivity contribution in [3.63, 3.8) is 0 Å². The second kappa shape index (κ2) is 15.2. The summed E-state index contributed by atoms with van der Waals surface area (Å²) >= 11 is 0. The molecule has 0 bridgehead atoms. The molecule has 2 aromatic carbocycles. The van der Waals surface area contributed by atoms with Crippen molar-refractivity contribution in [3.05, 3.63) is 47.0 Å². The van der Waals surface area contributed by atoms with Gasteiger partial charge in [-0.2, -0.15) is 0 Å². The molecular formula is C38H52F2N2O12. The summed E-state index contributed by atoms with van der Waals surface area (Å²) in [6, 6.07) is 5.00. The van der Waals surface area contributed by atoms with Gasteiger partial charge in [-0.05, 0) is 117 Å². The molecule has 6 rings (SSSR count). The first kappa shape index (κ1) is 41.1. The molecule has 2 fully saturated rings. The van der Waals surface area contributed by atoms with E-state index >= 15 is 0 Å². The summed E-state index contributed by atoms with van der Waals surface area (Å²) in [7, 11) is 0. The van der Waals surface area contributed by atoms with Gasteiger partial charge in [-0.3, -0.25) is 9.80 Å². The first-order chi connectivity index (χ1) is 25.0. The van der Waals surface area contributed by atoms with E-state index in [-0.39, 0.29) is 51.1 Å². The maximum absolute atomic E-state index is 14.2. The predicted molar refractivity (Wildman–Crippen MR) is 188 cm³/mol. The number of carbonyl (C=O) groups is 2. The monoisotopic (exact) mass is 766 g/mol. The quantitative estimate of drug-likeness (QED) is 0.373. The fourth-order valence-electron chi connectivity index (χ4n) is 7.00. The second-order valence-electron chi connectivity index (χ2n) is 16.4. The lowest BCUT2D eigenvalue weighted by atomic mass is 10.00. The Balaban J connectivity index is 0.000000208. The number of carbonyl (C=O) groups excluding carboxylic acids is 2. The van der Waals surface area contributed by atoms with Crippen LogP contribution in [-0.4, -0.2) is 106 Å². The summed E-state index contributed by atoms with van der Waals surface area (Å²) in [6.07, 6.45) is -1.81. The van der Waals surface area contributed by atoms with Crippen molar-refractivity contribution >= 4 is 12.2 Å². The third-order valence-corrected chi connectivity index (χ3v) is 8.97. The number of halogens is 2. The Morgan fingerprint density at radius 1 is 0.685 bits per heavy atom. The van der Waals surface area contributed by atoms with Crippen molar-refractivity contribution in [1.29, 1.82) is 0 Å². The second-order valence-corrected chi connectivity index (χ2v) is 16.4. The van der Waals surface area contributed by atoms with Gasteiger partial charge in [0.15, 0.2) is 23.1 Å². The van der Waals surface area contributed by atoms with E-state index in [9.17, 15) is 28.6 Å². The molecule has 2 aromatic rings. The van der Waals surface area contributed by atoms with Crippen LogP contribution < -0.4 is 18.9 Å². The highest BCUT2D eigenvalue weighted by Gasteiger charge is 2.52. The summed E-state index contributed by atoms with van der Waals surface area (Å²) in [5, 5.41) is 19.5. The van der Waals surface area contributed by atoms with Crippen molar-refractivity contribution < 1.29 is 66.5 Å².